The highest BCUT2D eigenvalue weighted by atomic mass is 79.9. The van der Waals surface area contributed by atoms with Crippen LogP contribution in [0, 0.1) is 0 Å². The molecule has 3 rings (SSSR count). The van der Waals surface area contributed by atoms with Crippen molar-refractivity contribution in [3.8, 4) is 0 Å². The van der Waals surface area contributed by atoms with E-state index in [0.717, 1.165) is 27.6 Å². The van der Waals surface area contributed by atoms with Crippen LogP contribution in [0.15, 0.2) is 28.9 Å². The fourth-order valence-electron chi connectivity index (χ4n) is 3.45. The summed E-state index contributed by atoms with van der Waals surface area (Å²) in [6, 6.07) is 6.85. The molecular formula is C17H22BrN3. The maximum Gasteiger partial charge on any atom is 0.0956 e. The molecule has 0 amide bonds. The van der Waals surface area contributed by atoms with Gasteiger partial charge in [-0.25, -0.2) is 0 Å². The maximum absolute atomic E-state index is 6.13. The monoisotopic (exact) mass is 347 g/mol. The van der Waals surface area contributed by atoms with Crippen molar-refractivity contribution >= 4 is 38.2 Å². The molecule has 0 atom stereocenters. The van der Waals surface area contributed by atoms with E-state index in [1.165, 1.54) is 37.8 Å². The Labute approximate surface area is 134 Å². The van der Waals surface area contributed by atoms with E-state index in [1.54, 1.807) is 0 Å². The van der Waals surface area contributed by atoms with E-state index in [2.05, 4.69) is 44.9 Å². The van der Waals surface area contributed by atoms with Crippen LogP contribution < -0.4 is 10.6 Å². The van der Waals surface area contributed by atoms with Crippen LogP contribution in [0.3, 0.4) is 0 Å². The van der Waals surface area contributed by atoms with E-state index in [-0.39, 0.29) is 0 Å². The van der Waals surface area contributed by atoms with E-state index >= 15 is 0 Å². The lowest BCUT2D eigenvalue weighted by Crippen LogP contribution is -2.36. The number of fused-ring (bicyclic) bond motifs is 1. The minimum absolute atomic E-state index is 0.640. The lowest BCUT2D eigenvalue weighted by molar-refractivity contribution is 0.418. The zero-order valence-corrected chi connectivity index (χ0v) is 14.1. The summed E-state index contributed by atoms with van der Waals surface area (Å²) in [5.74, 6) is 0. The molecule has 1 aromatic heterocycles. The van der Waals surface area contributed by atoms with Crippen molar-refractivity contribution in [2.24, 2.45) is 0 Å². The average molecular weight is 348 g/mol. The summed E-state index contributed by atoms with van der Waals surface area (Å²) in [6.07, 6.45) is 8.49. The number of anilines is 2. The summed E-state index contributed by atoms with van der Waals surface area (Å²) in [4.78, 5) is 7.15. The number of pyridine rings is 1. The van der Waals surface area contributed by atoms with E-state index < -0.39 is 0 Å². The SMILES string of the molecule is CCN(c1ccc(N)c2cc(Br)cnc12)C1CCCCC1. The van der Waals surface area contributed by atoms with Crippen LogP contribution in [0.25, 0.3) is 10.9 Å². The van der Waals surface area contributed by atoms with Gasteiger partial charge in [0.15, 0.2) is 0 Å². The van der Waals surface area contributed by atoms with Crippen molar-refractivity contribution in [2.75, 3.05) is 17.2 Å². The van der Waals surface area contributed by atoms with E-state index in [1.807, 2.05) is 12.3 Å². The number of nitrogen functional groups attached to an aromatic ring is 1. The predicted molar refractivity (Wildman–Crippen MR) is 93.7 cm³/mol. The molecule has 1 aliphatic carbocycles. The largest absolute Gasteiger partial charge is 0.398 e. The molecule has 0 aliphatic heterocycles. The Morgan fingerprint density at radius 3 is 2.76 bits per heavy atom. The van der Waals surface area contributed by atoms with Crippen LogP contribution in [0.5, 0.6) is 0 Å². The summed E-state index contributed by atoms with van der Waals surface area (Å²) < 4.78 is 0.972. The van der Waals surface area contributed by atoms with Crippen LogP contribution in [0.4, 0.5) is 11.4 Å². The molecule has 2 aromatic rings. The first-order valence-corrected chi connectivity index (χ1v) is 8.60. The van der Waals surface area contributed by atoms with Crippen molar-refractivity contribution in [2.45, 2.75) is 45.1 Å². The molecule has 21 heavy (non-hydrogen) atoms. The van der Waals surface area contributed by atoms with Crippen LogP contribution >= 0.6 is 15.9 Å². The molecule has 1 aromatic carbocycles. The Kier molecular flexibility index (Phi) is 4.34. The molecule has 1 fully saturated rings. The quantitative estimate of drug-likeness (QED) is 0.815. The second-order valence-electron chi connectivity index (χ2n) is 5.80. The van der Waals surface area contributed by atoms with Crippen molar-refractivity contribution in [3.05, 3.63) is 28.9 Å². The Morgan fingerprint density at radius 1 is 1.29 bits per heavy atom. The number of rotatable bonds is 3. The lowest BCUT2D eigenvalue weighted by Gasteiger charge is -2.36. The minimum Gasteiger partial charge on any atom is -0.398 e. The molecule has 1 heterocycles. The summed E-state index contributed by atoms with van der Waals surface area (Å²) in [5, 5.41) is 1.04. The van der Waals surface area contributed by atoms with E-state index in [9.17, 15) is 0 Å². The smallest absolute Gasteiger partial charge is 0.0956 e. The van der Waals surface area contributed by atoms with Gasteiger partial charge < -0.3 is 10.6 Å². The number of nitrogens with two attached hydrogens (primary N) is 1. The zero-order chi connectivity index (χ0) is 14.8. The number of aromatic nitrogens is 1. The zero-order valence-electron chi connectivity index (χ0n) is 12.5. The normalized spacial score (nSPS) is 16.3. The summed E-state index contributed by atoms with van der Waals surface area (Å²) in [7, 11) is 0. The third-order valence-corrected chi connectivity index (χ3v) is 4.93. The van der Waals surface area contributed by atoms with Crippen molar-refractivity contribution in [1.29, 1.82) is 0 Å². The van der Waals surface area contributed by atoms with Crippen molar-refractivity contribution in [1.82, 2.24) is 4.98 Å². The molecule has 0 saturated heterocycles. The third kappa shape index (κ3) is 2.86. The van der Waals surface area contributed by atoms with Gasteiger partial charge in [0.2, 0.25) is 0 Å². The third-order valence-electron chi connectivity index (χ3n) is 4.49. The van der Waals surface area contributed by atoms with Gasteiger partial charge in [-0.05, 0) is 53.9 Å². The van der Waals surface area contributed by atoms with Gasteiger partial charge in [0.25, 0.3) is 0 Å². The molecule has 112 valence electrons. The highest BCUT2D eigenvalue weighted by molar-refractivity contribution is 9.10. The molecule has 1 aliphatic rings. The first-order valence-electron chi connectivity index (χ1n) is 7.81. The fraction of sp³-hybridized carbons (Fsp3) is 0.471. The van der Waals surface area contributed by atoms with Crippen LogP contribution in [0.1, 0.15) is 39.0 Å². The second-order valence-corrected chi connectivity index (χ2v) is 6.72. The molecular weight excluding hydrogens is 326 g/mol. The maximum atomic E-state index is 6.13. The molecule has 0 radical (unpaired) electrons. The van der Waals surface area contributed by atoms with Gasteiger partial charge in [0.1, 0.15) is 0 Å². The molecule has 3 nitrogen and oxygen atoms in total. The van der Waals surface area contributed by atoms with Gasteiger partial charge >= 0.3 is 0 Å². The van der Waals surface area contributed by atoms with Crippen LogP contribution in [-0.4, -0.2) is 17.6 Å². The topological polar surface area (TPSA) is 42.1 Å². The molecule has 0 unspecified atom stereocenters. The Morgan fingerprint density at radius 2 is 2.05 bits per heavy atom. The van der Waals surface area contributed by atoms with Gasteiger partial charge in [0.05, 0.1) is 11.2 Å². The van der Waals surface area contributed by atoms with E-state index in [4.69, 9.17) is 5.73 Å². The highest BCUT2D eigenvalue weighted by Gasteiger charge is 2.22. The van der Waals surface area contributed by atoms with Gasteiger partial charge in [-0.2, -0.15) is 0 Å². The Balaban J connectivity index is 2.07. The lowest BCUT2D eigenvalue weighted by atomic mass is 9.93. The summed E-state index contributed by atoms with van der Waals surface area (Å²) in [5.41, 5.74) is 9.17. The number of benzene rings is 1. The highest BCUT2D eigenvalue weighted by Crippen LogP contribution is 2.34. The second kappa shape index (κ2) is 6.22. The Bertz CT molecular complexity index is 635. The molecule has 0 spiro atoms. The standard InChI is InChI=1S/C17H22BrN3/c1-2-21(13-6-4-3-5-7-13)16-9-8-15(19)14-10-12(18)11-20-17(14)16/h8-11,13H,2-7,19H2,1H3. The number of hydrogen-bond acceptors (Lipinski definition) is 3. The predicted octanol–water partition coefficient (Wildman–Crippen LogP) is 4.74. The van der Waals surface area contributed by atoms with Gasteiger partial charge in [0, 0.05) is 34.3 Å². The molecule has 4 heteroatoms. The summed E-state index contributed by atoms with van der Waals surface area (Å²) in [6.45, 7) is 3.25. The van der Waals surface area contributed by atoms with Crippen molar-refractivity contribution in [3.63, 3.8) is 0 Å². The van der Waals surface area contributed by atoms with Crippen LogP contribution in [-0.2, 0) is 0 Å². The van der Waals surface area contributed by atoms with E-state index in [0.29, 0.717) is 6.04 Å². The fourth-order valence-corrected chi connectivity index (χ4v) is 3.78. The van der Waals surface area contributed by atoms with Gasteiger partial charge in [-0.15, -0.1) is 0 Å². The first kappa shape index (κ1) is 14.6. The number of halogens is 1. The number of nitrogens with zero attached hydrogens (tertiary/aromatic N) is 2. The first-order chi connectivity index (χ1) is 10.2. The van der Waals surface area contributed by atoms with Gasteiger partial charge in [-0.1, -0.05) is 19.3 Å². The minimum atomic E-state index is 0.640. The number of hydrogen-bond donors (Lipinski definition) is 1. The average Bonchev–Trinajstić information content (AvgIpc) is 2.51. The molecule has 0 bridgehead atoms. The summed E-state index contributed by atoms with van der Waals surface area (Å²) >= 11 is 3.49. The molecule has 1 saturated carbocycles. The molecule has 2 N–H and O–H groups in total. The van der Waals surface area contributed by atoms with Crippen LogP contribution in [0.2, 0.25) is 0 Å². The van der Waals surface area contributed by atoms with Crippen molar-refractivity contribution < 1.29 is 0 Å². The van der Waals surface area contributed by atoms with Gasteiger partial charge in [-0.3, -0.25) is 4.98 Å². The Hall–Kier alpha value is -1.29.